The molecule has 4 aromatic rings. The zero-order chi connectivity index (χ0) is 20.9. The molecule has 0 fully saturated rings. The van der Waals surface area contributed by atoms with Gasteiger partial charge >= 0.3 is 0 Å². The van der Waals surface area contributed by atoms with Gasteiger partial charge in [-0.1, -0.05) is 72.8 Å². The monoisotopic (exact) mass is 432 g/mol. The molecule has 0 atom stereocenters. The Bertz CT molecular complexity index is 887. The highest BCUT2D eigenvalue weighted by Gasteiger charge is 2.49. The summed E-state index contributed by atoms with van der Waals surface area (Å²) in [6.07, 6.45) is 1.05. The molecule has 0 unspecified atom stereocenters. The fourth-order valence-electron chi connectivity index (χ4n) is 3.80. The van der Waals surface area contributed by atoms with Crippen LogP contribution in [0, 0.1) is 0 Å². The molecule has 0 bridgehead atoms. The van der Waals surface area contributed by atoms with Crippen LogP contribution in [-0.4, -0.2) is 22.1 Å². The van der Waals surface area contributed by atoms with Gasteiger partial charge in [0.15, 0.2) is 0 Å². The lowest BCUT2D eigenvalue weighted by Gasteiger charge is -2.24. The Morgan fingerprint density at radius 3 is 0.767 bits per heavy atom. The lowest BCUT2D eigenvalue weighted by molar-refractivity contribution is 0.612. The minimum Gasteiger partial charge on any atom is -0.241 e. The van der Waals surface area contributed by atoms with Crippen LogP contribution in [0.25, 0.3) is 0 Å². The van der Waals surface area contributed by atoms with E-state index in [4.69, 9.17) is 0 Å². The second-order valence-electron chi connectivity index (χ2n) is 7.33. The van der Waals surface area contributed by atoms with Crippen LogP contribution in [-0.2, 0) is 0 Å². The van der Waals surface area contributed by atoms with Crippen molar-refractivity contribution in [3.8, 4) is 0 Å². The maximum atomic E-state index is 12.0. The normalized spacial score (nSPS) is 11.9. The molecule has 4 aromatic carbocycles. The van der Waals surface area contributed by atoms with Gasteiger partial charge in [-0.05, 0) is 48.5 Å². The average molecular weight is 432 g/mol. The number of hydrogen-bond acceptors (Lipinski definition) is 2. The predicted octanol–water partition coefficient (Wildman–Crippen LogP) is 4.14. The molecule has 30 heavy (non-hydrogen) atoms. The molecule has 0 aliphatic carbocycles. The molecule has 0 heterocycles. The van der Waals surface area contributed by atoms with E-state index in [1.807, 2.05) is 121 Å². The van der Waals surface area contributed by atoms with E-state index in [1.165, 1.54) is 0 Å². The van der Waals surface area contributed by atoms with Gasteiger partial charge in [0.05, 0.1) is 0 Å². The Kier molecular flexibility index (Phi) is 6.42. The van der Waals surface area contributed by atoms with E-state index in [9.17, 15) is 9.79 Å². The summed E-state index contributed by atoms with van der Waals surface area (Å²) in [5, 5.41) is 3.79. The van der Waals surface area contributed by atoms with E-state index in [1.54, 1.807) is 0 Å². The SMILES string of the molecule is O[P+](CC[P+](O)(c1ccccc1)c1ccccc1)(c1ccccc1)c1ccccc1. The first-order chi connectivity index (χ1) is 14.6. The van der Waals surface area contributed by atoms with Crippen molar-refractivity contribution in [3.63, 3.8) is 0 Å². The lowest BCUT2D eigenvalue weighted by Crippen LogP contribution is -2.31. The fourth-order valence-corrected chi connectivity index (χ4v) is 10.4. The van der Waals surface area contributed by atoms with Crippen molar-refractivity contribution < 1.29 is 9.79 Å². The van der Waals surface area contributed by atoms with Gasteiger partial charge < -0.3 is 0 Å². The van der Waals surface area contributed by atoms with Crippen molar-refractivity contribution in [2.24, 2.45) is 0 Å². The van der Waals surface area contributed by atoms with Crippen molar-refractivity contribution in [2.75, 3.05) is 12.3 Å². The maximum Gasteiger partial charge on any atom is 0.210 e. The summed E-state index contributed by atoms with van der Waals surface area (Å²) in [4.78, 5) is 24.1. The summed E-state index contributed by atoms with van der Waals surface area (Å²) >= 11 is 0. The Hall–Kier alpha value is -2.34. The van der Waals surface area contributed by atoms with Crippen LogP contribution in [0.3, 0.4) is 0 Å². The molecule has 4 heteroatoms. The van der Waals surface area contributed by atoms with Crippen molar-refractivity contribution in [3.05, 3.63) is 121 Å². The summed E-state index contributed by atoms with van der Waals surface area (Å²) in [6.45, 7) is 0. The highest BCUT2D eigenvalue weighted by atomic mass is 31.2. The molecule has 0 aromatic heterocycles. The lowest BCUT2D eigenvalue weighted by atomic mass is 10.4. The Morgan fingerprint density at radius 1 is 0.367 bits per heavy atom. The first-order valence-corrected chi connectivity index (χ1v) is 13.9. The minimum atomic E-state index is -2.64. The zero-order valence-electron chi connectivity index (χ0n) is 16.8. The largest absolute Gasteiger partial charge is 0.241 e. The molecular weight excluding hydrogens is 406 g/mol. The van der Waals surface area contributed by atoms with Gasteiger partial charge in [-0.15, -0.1) is 0 Å². The summed E-state index contributed by atoms with van der Waals surface area (Å²) < 4.78 is 0. The van der Waals surface area contributed by atoms with Crippen LogP contribution >= 0.6 is 15.0 Å². The first kappa shape index (κ1) is 20.9. The van der Waals surface area contributed by atoms with Crippen molar-refractivity contribution in [1.82, 2.24) is 0 Å². The third kappa shape index (κ3) is 4.24. The Morgan fingerprint density at radius 2 is 0.567 bits per heavy atom. The van der Waals surface area contributed by atoms with E-state index < -0.39 is 15.0 Å². The second-order valence-corrected chi connectivity index (χ2v) is 13.4. The summed E-state index contributed by atoms with van der Waals surface area (Å²) in [5.74, 6) is 0. The zero-order valence-corrected chi connectivity index (χ0v) is 18.5. The number of rotatable bonds is 7. The third-order valence-corrected chi connectivity index (χ3v) is 12.2. The van der Waals surface area contributed by atoms with Gasteiger partial charge in [-0.3, -0.25) is 0 Å². The second kappa shape index (κ2) is 9.21. The van der Waals surface area contributed by atoms with Crippen LogP contribution in [0.2, 0.25) is 0 Å². The molecule has 150 valence electrons. The van der Waals surface area contributed by atoms with Crippen LogP contribution in [0.15, 0.2) is 121 Å². The van der Waals surface area contributed by atoms with E-state index in [0.29, 0.717) is 12.3 Å². The van der Waals surface area contributed by atoms with Crippen molar-refractivity contribution in [2.45, 2.75) is 0 Å². The minimum absolute atomic E-state index is 0.523. The van der Waals surface area contributed by atoms with Crippen LogP contribution < -0.4 is 21.2 Å². The topological polar surface area (TPSA) is 40.5 Å². The van der Waals surface area contributed by atoms with Gasteiger partial charge in [0.1, 0.15) is 33.5 Å². The molecule has 0 saturated carbocycles. The average Bonchev–Trinajstić information content (AvgIpc) is 2.84. The van der Waals surface area contributed by atoms with Gasteiger partial charge in [-0.25, -0.2) is 9.79 Å². The Balaban J connectivity index is 1.76. The smallest absolute Gasteiger partial charge is 0.210 e. The molecule has 2 nitrogen and oxygen atoms in total. The molecule has 0 saturated heterocycles. The molecule has 4 rings (SSSR count). The maximum absolute atomic E-state index is 12.0. The van der Waals surface area contributed by atoms with Crippen molar-refractivity contribution in [1.29, 1.82) is 0 Å². The fraction of sp³-hybridized carbons (Fsp3) is 0.0769. The van der Waals surface area contributed by atoms with Gasteiger partial charge in [-0.2, -0.15) is 0 Å². The molecule has 0 aliphatic heterocycles. The van der Waals surface area contributed by atoms with Gasteiger partial charge in [0, 0.05) is 0 Å². The molecular formula is C26H26O2P2+2. The Labute approximate surface area is 179 Å². The van der Waals surface area contributed by atoms with E-state index >= 15 is 0 Å². The molecule has 0 spiro atoms. The third-order valence-electron chi connectivity index (χ3n) is 5.48. The molecule has 0 radical (unpaired) electrons. The van der Waals surface area contributed by atoms with E-state index in [2.05, 4.69) is 0 Å². The molecule has 2 N–H and O–H groups in total. The van der Waals surface area contributed by atoms with Crippen LogP contribution in [0.4, 0.5) is 0 Å². The van der Waals surface area contributed by atoms with Crippen LogP contribution in [0.1, 0.15) is 0 Å². The summed E-state index contributed by atoms with van der Waals surface area (Å²) in [6, 6.07) is 39.7. The molecule has 0 amide bonds. The quantitative estimate of drug-likeness (QED) is 0.431. The standard InChI is InChI=1S/C26H26O2P2/c27-29(23-13-5-1-6-14-23,24-15-7-2-8-16-24)21-22-30(28,25-17-9-3-10-18-25)26-19-11-4-12-20-26/h1-20,27-28H,21-22H2/q+2. The van der Waals surface area contributed by atoms with E-state index in [0.717, 1.165) is 21.2 Å². The predicted molar refractivity (Wildman–Crippen MR) is 132 cm³/mol. The van der Waals surface area contributed by atoms with Gasteiger partial charge in [0.2, 0.25) is 15.0 Å². The highest BCUT2D eigenvalue weighted by molar-refractivity contribution is 7.88. The van der Waals surface area contributed by atoms with Gasteiger partial charge in [0.25, 0.3) is 0 Å². The summed E-state index contributed by atoms with van der Waals surface area (Å²) in [7, 11) is -5.29. The van der Waals surface area contributed by atoms with Crippen molar-refractivity contribution >= 4 is 36.2 Å². The summed E-state index contributed by atoms with van der Waals surface area (Å²) in [5.41, 5.74) is 0. The molecule has 0 aliphatic rings. The van der Waals surface area contributed by atoms with E-state index in [-0.39, 0.29) is 0 Å². The number of benzene rings is 4. The van der Waals surface area contributed by atoms with Crippen LogP contribution in [0.5, 0.6) is 0 Å². The highest BCUT2D eigenvalue weighted by Crippen LogP contribution is 2.59. The first-order valence-electron chi connectivity index (χ1n) is 10.1. The number of hydrogen-bond donors (Lipinski definition) is 2.